The van der Waals surface area contributed by atoms with E-state index < -0.39 is 45.0 Å². The van der Waals surface area contributed by atoms with Crippen LogP contribution in [-0.4, -0.2) is 52.1 Å². The lowest BCUT2D eigenvalue weighted by Crippen LogP contribution is -2.53. The molecule has 3 amide bonds. The Bertz CT molecular complexity index is 1090. The van der Waals surface area contributed by atoms with Crippen molar-refractivity contribution in [1.29, 1.82) is 0 Å². The Kier molecular flexibility index (Phi) is 4.97. The SMILES string of the molecule is CC(=O)N1c2c(ccc(C)c2O)C(=O)N2C=C(/C=C/C(N)=O)CC2C1S(=O)(=O)O. The van der Waals surface area contributed by atoms with Crippen molar-refractivity contribution in [1.82, 2.24) is 4.90 Å². The van der Waals surface area contributed by atoms with Crippen molar-refractivity contribution in [3.63, 3.8) is 0 Å². The summed E-state index contributed by atoms with van der Waals surface area (Å²) in [5, 5.41) is 8.66. The van der Waals surface area contributed by atoms with Crippen molar-refractivity contribution in [3.05, 3.63) is 47.2 Å². The highest BCUT2D eigenvalue weighted by atomic mass is 32.2. The molecule has 1 aromatic carbocycles. The number of hydrogen-bond donors (Lipinski definition) is 3. The number of rotatable bonds is 3. The first-order valence-electron chi connectivity index (χ1n) is 8.53. The minimum atomic E-state index is -4.90. The van der Waals surface area contributed by atoms with Crippen molar-refractivity contribution in [2.24, 2.45) is 5.73 Å². The van der Waals surface area contributed by atoms with Gasteiger partial charge in [0.15, 0.2) is 5.37 Å². The normalized spacial score (nSPS) is 21.6. The number of nitrogens with two attached hydrogens (primary N) is 1. The average Bonchev–Trinajstić information content (AvgIpc) is 2.98. The number of fused-ring (bicyclic) bond motifs is 2. The molecule has 0 saturated heterocycles. The zero-order valence-corrected chi connectivity index (χ0v) is 16.4. The molecule has 10 nitrogen and oxygen atoms in total. The second-order valence-corrected chi connectivity index (χ2v) is 8.36. The maximum atomic E-state index is 13.1. The molecule has 0 aromatic heterocycles. The van der Waals surface area contributed by atoms with Gasteiger partial charge >= 0.3 is 0 Å². The molecule has 0 fully saturated rings. The summed E-state index contributed by atoms with van der Waals surface area (Å²) in [4.78, 5) is 38.4. The number of primary amides is 1. The van der Waals surface area contributed by atoms with Gasteiger partial charge in [0.25, 0.3) is 16.0 Å². The van der Waals surface area contributed by atoms with E-state index in [-0.39, 0.29) is 17.7 Å². The summed E-state index contributed by atoms with van der Waals surface area (Å²) in [6.45, 7) is 2.60. The van der Waals surface area contributed by atoms with Gasteiger partial charge < -0.3 is 15.7 Å². The maximum absolute atomic E-state index is 13.1. The molecule has 2 heterocycles. The van der Waals surface area contributed by atoms with Gasteiger partial charge in [0, 0.05) is 19.2 Å². The molecule has 0 aliphatic carbocycles. The maximum Gasteiger partial charge on any atom is 0.288 e. The van der Waals surface area contributed by atoms with Crippen LogP contribution >= 0.6 is 0 Å². The first-order valence-corrected chi connectivity index (χ1v) is 10.0. The lowest BCUT2D eigenvalue weighted by molar-refractivity contribution is -0.117. The molecule has 2 atom stereocenters. The van der Waals surface area contributed by atoms with Gasteiger partial charge in [-0.2, -0.15) is 8.42 Å². The number of amides is 3. The number of aryl methyl sites for hydroxylation is 1. The lowest BCUT2D eigenvalue weighted by Gasteiger charge is -2.33. The molecule has 154 valence electrons. The van der Waals surface area contributed by atoms with E-state index in [9.17, 15) is 32.5 Å². The standard InChI is InChI=1S/C18H19N3O7S/c1-9-3-5-12-15(16(9)24)21(10(2)22)18(29(26,27)28)13-7-11(4-6-14(19)23)8-20(13)17(12)25/h3-6,8,13,18,24H,7H2,1-2H3,(H2,19,23)(H,26,27,28)/b6-4+. The van der Waals surface area contributed by atoms with Gasteiger partial charge in [0.1, 0.15) is 11.4 Å². The highest BCUT2D eigenvalue weighted by molar-refractivity contribution is 7.86. The molecular formula is C18H19N3O7S. The van der Waals surface area contributed by atoms with Crippen molar-refractivity contribution in [2.75, 3.05) is 4.90 Å². The summed E-state index contributed by atoms with van der Waals surface area (Å²) < 4.78 is 34.6. The third-order valence-electron chi connectivity index (χ3n) is 4.86. The Morgan fingerprint density at radius 1 is 1.31 bits per heavy atom. The Labute approximate surface area is 166 Å². The molecule has 0 saturated carbocycles. The number of hydrogen-bond acceptors (Lipinski definition) is 6. The molecule has 2 aliphatic rings. The van der Waals surface area contributed by atoms with E-state index in [0.29, 0.717) is 11.1 Å². The van der Waals surface area contributed by atoms with E-state index in [2.05, 4.69) is 0 Å². The third-order valence-corrected chi connectivity index (χ3v) is 5.99. The monoisotopic (exact) mass is 421 g/mol. The van der Waals surface area contributed by atoms with Crippen LogP contribution in [-0.2, 0) is 19.7 Å². The Hall–Kier alpha value is -3.18. The number of nitrogens with zero attached hydrogens (tertiary/aromatic N) is 2. The van der Waals surface area contributed by atoms with E-state index in [1.54, 1.807) is 0 Å². The van der Waals surface area contributed by atoms with Crippen LogP contribution in [0.15, 0.2) is 36.1 Å². The Morgan fingerprint density at radius 2 is 1.97 bits per heavy atom. The van der Waals surface area contributed by atoms with Crippen LogP contribution in [0.5, 0.6) is 5.75 Å². The fourth-order valence-electron chi connectivity index (χ4n) is 3.62. The van der Waals surface area contributed by atoms with Crippen LogP contribution in [0.4, 0.5) is 5.69 Å². The molecular weight excluding hydrogens is 402 g/mol. The van der Waals surface area contributed by atoms with Crippen LogP contribution in [0.1, 0.15) is 29.3 Å². The molecule has 3 rings (SSSR count). The summed E-state index contributed by atoms with van der Waals surface area (Å²) in [7, 11) is -4.90. The highest BCUT2D eigenvalue weighted by Gasteiger charge is 2.50. The lowest BCUT2D eigenvalue weighted by atomic mass is 10.1. The molecule has 11 heteroatoms. The molecule has 2 aliphatic heterocycles. The number of phenolic OH excluding ortho intramolecular Hbond substituents is 1. The Balaban J connectivity index is 2.29. The third kappa shape index (κ3) is 3.49. The molecule has 0 bridgehead atoms. The van der Waals surface area contributed by atoms with Gasteiger partial charge in [-0.05, 0) is 30.5 Å². The van der Waals surface area contributed by atoms with Gasteiger partial charge in [-0.1, -0.05) is 12.1 Å². The first-order chi connectivity index (χ1) is 13.4. The average molecular weight is 421 g/mol. The zero-order chi connectivity index (χ0) is 21.7. The Morgan fingerprint density at radius 3 is 2.52 bits per heavy atom. The number of anilines is 1. The van der Waals surface area contributed by atoms with E-state index in [1.165, 1.54) is 31.3 Å². The highest BCUT2D eigenvalue weighted by Crippen LogP contribution is 2.43. The van der Waals surface area contributed by atoms with E-state index in [1.807, 2.05) is 0 Å². The van der Waals surface area contributed by atoms with Crippen molar-refractivity contribution in [3.8, 4) is 5.75 Å². The number of carbonyl (C=O) groups excluding carboxylic acids is 3. The van der Waals surface area contributed by atoms with Gasteiger partial charge in [0.05, 0.1) is 11.6 Å². The summed E-state index contributed by atoms with van der Waals surface area (Å²) in [6.07, 6.45) is 3.64. The second-order valence-electron chi connectivity index (χ2n) is 6.85. The fraction of sp³-hybridized carbons (Fsp3) is 0.278. The predicted octanol–water partition coefficient (Wildman–Crippen LogP) is 0.421. The van der Waals surface area contributed by atoms with Crippen molar-refractivity contribution >= 4 is 33.5 Å². The van der Waals surface area contributed by atoms with Crippen LogP contribution in [0.2, 0.25) is 0 Å². The van der Waals surface area contributed by atoms with Gasteiger partial charge in [-0.15, -0.1) is 0 Å². The summed E-state index contributed by atoms with van der Waals surface area (Å²) >= 11 is 0. The van der Waals surface area contributed by atoms with E-state index in [4.69, 9.17) is 5.73 Å². The number of allylic oxidation sites excluding steroid dienone is 1. The van der Waals surface area contributed by atoms with Gasteiger partial charge in [-0.25, -0.2) is 0 Å². The largest absolute Gasteiger partial charge is 0.505 e. The summed E-state index contributed by atoms with van der Waals surface area (Å²) in [6, 6.07) is 1.65. The zero-order valence-electron chi connectivity index (χ0n) is 15.6. The van der Waals surface area contributed by atoms with Crippen LogP contribution in [0.3, 0.4) is 0 Å². The predicted molar refractivity (Wildman–Crippen MR) is 102 cm³/mol. The van der Waals surface area contributed by atoms with E-state index >= 15 is 0 Å². The minimum absolute atomic E-state index is 0.0719. The number of phenols is 1. The number of aromatic hydroxyl groups is 1. The summed E-state index contributed by atoms with van der Waals surface area (Å²) in [5.74, 6) is -2.62. The summed E-state index contributed by atoms with van der Waals surface area (Å²) in [5.41, 5.74) is 5.42. The molecule has 1 aromatic rings. The molecule has 29 heavy (non-hydrogen) atoms. The molecule has 0 radical (unpaired) electrons. The number of benzene rings is 1. The first kappa shape index (κ1) is 20.6. The van der Waals surface area contributed by atoms with Gasteiger partial charge in [0.2, 0.25) is 11.8 Å². The number of carbonyl (C=O) groups is 3. The molecule has 0 spiro atoms. The fourth-order valence-corrected chi connectivity index (χ4v) is 4.76. The van der Waals surface area contributed by atoms with Crippen LogP contribution in [0.25, 0.3) is 0 Å². The van der Waals surface area contributed by atoms with Crippen molar-refractivity contribution < 1.29 is 32.5 Å². The van der Waals surface area contributed by atoms with Gasteiger partial charge in [-0.3, -0.25) is 23.8 Å². The quantitative estimate of drug-likeness (QED) is 0.471. The minimum Gasteiger partial charge on any atom is -0.505 e. The second kappa shape index (κ2) is 7.01. The molecule has 2 unspecified atom stereocenters. The molecule has 4 N–H and O–H groups in total. The van der Waals surface area contributed by atoms with Crippen LogP contribution < -0.4 is 10.6 Å². The van der Waals surface area contributed by atoms with E-state index in [0.717, 1.165) is 22.8 Å². The van der Waals surface area contributed by atoms with Crippen LogP contribution in [0, 0.1) is 6.92 Å². The topological polar surface area (TPSA) is 158 Å². The smallest absolute Gasteiger partial charge is 0.288 e. The van der Waals surface area contributed by atoms with Crippen molar-refractivity contribution in [2.45, 2.75) is 31.7 Å².